The lowest BCUT2D eigenvalue weighted by Gasteiger charge is -2.11. The van der Waals surface area contributed by atoms with Gasteiger partial charge in [-0.1, -0.05) is 41.9 Å². The minimum absolute atomic E-state index is 0.117. The first-order chi connectivity index (χ1) is 9.16. The summed E-state index contributed by atoms with van der Waals surface area (Å²) >= 11 is 6.18. The topological polar surface area (TPSA) is 40.5 Å². The van der Waals surface area contributed by atoms with Gasteiger partial charge in [-0.15, -0.1) is 0 Å². The minimum atomic E-state index is 0.117. The molecule has 0 aliphatic rings. The zero-order chi connectivity index (χ0) is 13.4. The molecule has 0 saturated carbocycles. The summed E-state index contributed by atoms with van der Waals surface area (Å²) in [6, 6.07) is 15.9. The summed E-state index contributed by atoms with van der Waals surface area (Å²) in [4.78, 5) is 0. The molecule has 2 N–H and O–H groups in total. The predicted molar refractivity (Wildman–Crippen MR) is 77.7 cm³/mol. The largest absolute Gasteiger partial charge is 0.508 e. The highest BCUT2D eigenvalue weighted by atomic mass is 35.5. The lowest BCUT2D eigenvalue weighted by atomic mass is 9.97. The number of phenols is 2. The van der Waals surface area contributed by atoms with E-state index in [-0.39, 0.29) is 11.5 Å². The maximum Gasteiger partial charge on any atom is 0.124 e. The van der Waals surface area contributed by atoms with E-state index in [0.717, 1.165) is 10.8 Å². The van der Waals surface area contributed by atoms with Crippen molar-refractivity contribution in [1.82, 2.24) is 0 Å². The Kier molecular flexibility index (Phi) is 2.80. The molecule has 0 fully saturated rings. The summed E-state index contributed by atoms with van der Waals surface area (Å²) in [6.45, 7) is 0. The molecule has 3 rings (SSSR count). The molecule has 0 aliphatic heterocycles. The second kappa shape index (κ2) is 4.48. The average molecular weight is 271 g/mol. The van der Waals surface area contributed by atoms with Gasteiger partial charge in [-0.2, -0.15) is 0 Å². The van der Waals surface area contributed by atoms with Gasteiger partial charge in [0.2, 0.25) is 0 Å². The van der Waals surface area contributed by atoms with Gasteiger partial charge in [-0.25, -0.2) is 0 Å². The van der Waals surface area contributed by atoms with Crippen LogP contribution in [0.15, 0.2) is 54.6 Å². The van der Waals surface area contributed by atoms with Crippen molar-refractivity contribution in [2.45, 2.75) is 0 Å². The molecule has 0 spiro atoms. The average Bonchev–Trinajstić information content (AvgIpc) is 2.42. The van der Waals surface area contributed by atoms with Crippen molar-refractivity contribution in [1.29, 1.82) is 0 Å². The van der Waals surface area contributed by atoms with E-state index < -0.39 is 0 Å². The van der Waals surface area contributed by atoms with Gasteiger partial charge in [0.25, 0.3) is 0 Å². The summed E-state index contributed by atoms with van der Waals surface area (Å²) in [5, 5.41) is 22.2. The standard InChI is InChI=1S/C16H11ClO2/c17-14-7-6-11(18)9-13(14)16-12-4-2-1-3-10(12)5-8-15(16)19/h1-9,18-19H. The lowest BCUT2D eigenvalue weighted by molar-refractivity contribution is 0.474. The van der Waals surface area contributed by atoms with Gasteiger partial charge in [0.15, 0.2) is 0 Å². The quantitative estimate of drug-likeness (QED) is 0.680. The van der Waals surface area contributed by atoms with Crippen LogP contribution in [0.5, 0.6) is 11.5 Å². The Morgan fingerprint density at radius 1 is 0.842 bits per heavy atom. The number of aromatic hydroxyl groups is 2. The van der Waals surface area contributed by atoms with Gasteiger partial charge < -0.3 is 10.2 Å². The van der Waals surface area contributed by atoms with Crippen molar-refractivity contribution in [3.63, 3.8) is 0 Å². The van der Waals surface area contributed by atoms with Crippen LogP contribution in [0.4, 0.5) is 0 Å². The molecule has 2 nitrogen and oxygen atoms in total. The van der Waals surface area contributed by atoms with Crippen molar-refractivity contribution in [3.05, 3.63) is 59.6 Å². The molecule has 3 aromatic carbocycles. The van der Waals surface area contributed by atoms with E-state index in [0.29, 0.717) is 16.1 Å². The number of benzene rings is 3. The number of phenolic OH excluding ortho intramolecular Hbond substituents is 2. The zero-order valence-corrected chi connectivity index (χ0v) is 10.7. The highest BCUT2D eigenvalue weighted by Gasteiger charge is 2.13. The molecule has 0 amide bonds. The molecule has 0 unspecified atom stereocenters. The van der Waals surface area contributed by atoms with Crippen LogP contribution < -0.4 is 0 Å². The van der Waals surface area contributed by atoms with E-state index in [1.165, 1.54) is 6.07 Å². The monoisotopic (exact) mass is 270 g/mol. The van der Waals surface area contributed by atoms with Crippen molar-refractivity contribution in [2.75, 3.05) is 0 Å². The Morgan fingerprint density at radius 3 is 2.47 bits per heavy atom. The Morgan fingerprint density at radius 2 is 1.63 bits per heavy atom. The minimum Gasteiger partial charge on any atom is -0.508 e. The third-order valence-corrected chi connectivity index (χ3v) is 3.46. The van der Waals surface area contributed by atoms with E-state index >= 15 is 0 Å². The van der Waals surface area contributed by atoms with Gasteiger partial charge in [-0.3, -0.25) is 0 Å². The molecular formula is C16H11ClO2. The van der Waals surface area contributed by atoms with E-state index in [9.17, 15) is 10.2 Å². The van der Waals surface area contributed by atoms with Crippen LogP contribution in [-0.4, -0.2) is 10.2 Å². The Hall–Kier alpha value is -2.19. The Balaban J connectivity index is 2.41. The summed E-state index contributed by atoms with van der Waals surface area (Å²) in [5.74, 6) is 0.262. The Labute approximate surface area is 115 Å². The molecule has 0 heterocycles. The highest BCUT2D eigenvalue weighted by molar-refractivity contribution is 6.34. The van der Waals surface area contributed by atoms with E-state index in [1.54, 1.807) is 18.2 Å². The van der Waals surface area contributed by atoms with Gasteiger partial charge in [0, 0.05) is 16.1 Å². The highest BCUT2D eigenvalue weighted by Crippen LogP contribution is 2.40. The molecule has 3 aromatic rings. The molecule has 94 valence electrons. The summed E-state index contributed by atoms with van der Waals surface area (Å²) in [5.41, 5.74) is 1.26. The van der Waals surface area contributed by atoms with Crippen molar-refractivity contribution in [2.24, 2.45) is 0 Å². The number of hydrogen-bond donors (Lipinski definition) is 2. The fourth-order valence-electron chi connectivity index (χ4n) is 2.25. The van der Waals surface area contributed by atoms with Crippen LogP contribution in [0.2, 0.25) is 5.02 Å². The van der Waals surface area contributed by atoms with E-state index in [1.807, 2.05) is 30.3 Å². The lowest BCUT2D eigenvalue weighted by Crippen LogP contribution is -1.84. The van der Waals surface area contributed by atoms with Crippen molar-refractivity contribution < 1.29 is 10.2 Å². The first-order valence-corrected chi connectivity index (χ1v) is 6.24. The summed E-state index contributed by atoms with van der Waals surface area (Å²) in [6.07, 6.45) is 0. The number of rotatable bonds is 1. The fraction of sp³-hybridized carbons (Fsp3) is 0. The second-order valence-electron chi connectivity index (χ2n) is 4.34. The molecule has 0 radical (unpaired) electrons. The van der Waals surface area contributed by atoms with Crippen LogP contribution in [0.3, 0.4) is 0 Å². The third kappa shape index (κ3) is 2.00. The maximum absolute atomic E-state index is 10.1. The van der Waals surface area contributed by atoms with Crippen LogP contribution in [-0.2, 0) is 0 Å². The van der Waals surface area contributed by atoms with Gasteiger partial charge in [0.05, 0.1) is 0 Å². The molecular weight excluding hydrogens is 260 g/mol. The maximum atomic E-state index is 10.1. The normalized spacial score (nSPS) is 10.8. The zero-order valence-electron chi connectivity index (χ0n) is 9.97. The summed E-state index contributed by atoms with van der Waals surface area (Å²) in [7, 11) is 0. The van der Waals surface area contributed by atoms with Crippen LogP contribution in [0, 0.1) is 0 Å². The van der Waals surface area contributed by atoms with Crippen LogP contribution in [0.1, 0.15) is 0 Å². The van der Waals surface area contributed by atoms with Crippen molar-refractivity contribution in [3.8, 4) is 22.6 Å². The van der Waals surface area contributed by atoms with Gasteiger partial charge in [0.1, 0.15) is 11.5 Å². The smallest absolute Gasteiger partial charge is 0.124 e. The van der Waals surface area contributed by atoms with Gasteiger partial charge in [-0.05, 0) is 35.0 Å². The molecule has 19 heavy (non-hydrogen) atoms. The van der Waals surface area contributed by atoms with E-state index in [4.69, 9.17) is 11.6 Å². The second-order valence-corrected chi connectivity index (χ2v) is 4.75. The molecule has 3 heteroatoms. The van der Waals surface area contributed by atoms with Gasteiger partial charge >= 0.3 is 0 Å². The number of halogens is 1. The molecule has 0 saturated heterocycles. The SMILES string of the molecule is Oc1ccc(Cl)c(-c2c(O)ccc3ccccc23)c1. The predicted octanol–water partition coefficient (Wildman–Crippen LogP) is 4.57. The third-order valence-electron chi connectivity index (χ3n) is 3.13. The summed E-state index contributed by atoms with van der Waals surface area (Å²) < 4.78 is 0. The Bertz CT molecular complexity index is 766. The first kappa shape index (κ1) is 11.9. The number of hydrogen-bond acceptors (Lipinski definition) is 2. The fourth-order valence-corrected chi connectivity index (χ4v) is 2.46. The van der Waals surface area contributed by atoms with Crippen LogP contribution in [0.25, 0.3) is 21.9 Å². The molecule has 0 aromatic heterocycles. The van der Waals surface area contributed by atoms with Crippen molar-refractivity contribution >= 4 is 22.4 Å². The first-order valence-electron chi connectivity index (χ1n) is 5.86. The van der Waals surface area contributed by atoms with Crippen LogP contribution >= 0.6 is 11.6 Å². The number of fused-ring (bicyclic) bond motifs is 1. The molecule has 0 atom stereocenters. The molecule has 0 bridgehead atoms. The molecule has 0 aliphatic carbocycles. The van der Waals surface area contributed by atoms with E-state index in [2.05, 4.69) is 0 Å².